The van der Waals surface area contributed by atoms with Crippen LogP contribution in [0.15, 0.2) is 35.7 Å². The van der Waals surface area contributed by atoms with Crippen LogP contribution in [-0.4, -0.2) is 47.7 Å². The number of carbonyl (C=O) groups excluding carboxylic acids is 3. The van der Waals surface area contributed by atoms with Gasteiger partial charge >= 0.3 is 0 Å². The van der Waals surface area contributed by atoms with Gasteiger partial charge in [0.25, 0.3) is 0 Å². The van der Waals surface area contributed by atoms with Crippen LogP contribution in [0.4, 0.5) is 5.69 Å². The molecule has 0 aliphatic carbocycles. The molecule has 2 heterocycles. The maximum Gasteiger partial charge on any atom is 0.245 e. The standard InChI is InChI=1S/C22H27N3O3S/c1-4-6-20(26)23-17-9-8-15-12-19(22(28)24(2)3)25(14-16(15)11-17)21(27)13-18-7-5-10-29-18/h5,7-11,19H,4,6,12-14H2,1-3H3,(H,23,26)/t19-/m1/s1. The summed E-state index contributed by atoms with van der Waals surface area (Å²) in [6.07, 6.45) is 2.03. The molecule has 7 heteroatoms. The molecule has 1 aliphatic heterocycles. The van der Waals surface area contributed by atoms with E-state index in [2.05, 4.69) is 5.32 Å². The van der Waals surface area contributed by atoms with E-state index in [9.17, 15) is 14.4 Å². The van der Waals surface area contributed by atoms with E-state index < -0.39 is 6.04 Å². The Kier molecular flexibility index (Phi) is 6.69. The third kappa shape index (κ3) is 5.03. The average molecular weight is 414 g/mol. The third-order valence-electron chi connectivity index (χ3n) is 5.05. The minimum atomic E-state index is -0.509. The summed E-state index contributed by atoms with van der Waals surface area (Å²) in [5, 5.41) is 4.86. The zero-order valence-electron chi connectivity index (χ0n) is 17.1. The van der Waals surface area contributed by atoms with Crippen molar-refractivity contribution in [3.8, 4) is 0 Å². The van der Waals surface area contributed by atoms with Gasteiger partial charge < -0.3 is 15.1 Å². The van der Waals surface area contributed by atoms with Crippen LogP contribution < -0.4 is 5.32 Å². The lowest BCUT2D eigenvalue weighted by molar-refractivity contribution is -0.145. The average Bonchev–Trinajstić information content (AvgIpc) is 3.19. The van der Waals surface area contributed by atoms with Gasteiger partial charge in [-0.1, -0.05) is 19.1 Å². The summed E-state index contributed by atoms with van der Waals surface area (Å²) in [4.78, 5) is 42.0. The monoisotopic (exact) mass is 413 g/mol. The summed E-state index contributed by atoms with van der Waals surface area (Å²) < 4.78 is 0. The van der Waals surface area contributed by atoms with Crippen molar-refractivity contribution < 1.29 is 14.4 Å². The first-order valence-corrected chi connectivity index (χ1v) is 10.7. The molecule has 1 atom stereocenters. The normalized spacial score (nSPS) is 15.6. The minimum absolute atomic E-state index is 0.0189. The van der Waals surface area contributed by atoms with Crippen LogP contribution in [0.3, 0.4) is 0 Å². The molecule has 1 N–H and O–H groups in total. The number of fused-ring (bicyclic) bond motifs is 1. The van der Waals surface area contributed by atoms with Crippen LogP contribution in [-0.2, 0) is 33.8 Å². The lowest BCUT2D eigenvalue weighted by atomic mass is 9.92. The fourth-order valence-corrected chi connectivity index (χ4v) is 4.25. The second kappa shape index (κ2) is 9.22. The summed E-state index contributed by atoms with van der Waals surface area (Å²) >= 11 is 1.54. The Morgan fingerprint density at radius 1 is 1.21 bits per heavy atom. The Morgan fingerprint density at radius 3 is 2.66 bits per heavy atom. The highest BCUT2D eigenvalue weighted by Gasteiger charge is 2.35. The first kappa shape index (κ1) is 21.0. The molecule has 0 saturated heterocycles. The summed E-state index contributed by atoms with van der Waals surface area (Å²) in [5.41, 5.74) is 2.74. The molecule has 0 radical (unpaired) electrons. The van der Waals surface area contributed by atoms with E-state index in [1.54, 1.807) is 35.2 Å². The highest BCUT2D eigenvalue weighted by molar-refractivity contribution is 7.10. The fraction of sp³-hybridized carbons (Fsp3) is 0.409. The van der Waals surface area contributed by atoms with Gasteiger partial charge in [-0.15, -0.1) is 11.3 Å². The summed E-state index contributed by atoms with van der Waals surface area (Å²) in [6, 6.07) is 9.09. The molecule has 0 spiro atoms. The summed E-state index contributed by atoms with van der Waals surface area (Å²) in [6.45, 7) is 2.33. The van der Waals surface area contributed by atoms with Crippen LogP contribution in [0.1, 0.15) is 35.8 Å². The van der Waals surface area contributed by atoms with Gasteiger partial charge in [0.2, 0.25) is 17.7 Å². The molecule has 0 fully saturated rings. The SMILES string of the molecule is CCCC(=O)Nc1ccc2c(c1)CN(C(=O)Cc1cccs1)[C@@H](C(=O)N(C)C)C2. The number of nitrogens with zero attached hydrogens (tertiary/aromatic N) is 2. The minimum Gasteiger partial charge on any atom is -0.347 e. The Balaban J connectivity index is 1.85. The van der Waals surface area contributed by atoms with Crippen LogP contribution >= 0.6 is 11.3 Å². The number of hydrogen-bond acceptors (Lipinski definition) is 4. The van der Waals surface area contributed by atoms with Gasteiger partial charge in [0.15, 0.2) is 0 Å². The van der Waals surface area contributed by atoms with E-state index in [0.29, 0.717) is 19.4 Å². The van der Waals surface area contributed by atoms with Crippen molar-refractivity contribution in [2.45, 2.75) is 45.2 Å². The van der Waals surface area contributed by atoms with Gasteiger partial charge in [-0.3, -0.25) is 14.4 Å². The second-order valence-corrected chi connectivity index (χ2v) is 8.54. The molecule has 1 aromatic carbocycles. The van der Waals surface area contributed by atoms with Crippen LogP contribution in [0.25, 0.3) is 0 Å². The van der Waals surface area contributed by atoms with E-state index >= 15 is 0 Å². The fourth-order valence-electron chi connectivity index (χ4n) is 3.56. The molecule has 1 aliphatic rings. The molecule has 0 saturated carbocycles. The Morgan fingerprint density at radius 2 is 2.00 bits per heavy atom. The maximum absolute atomic E-state index is 13.1. The molecule has 0 unspecified atom stereocenters. The number of hydrogen-bond donors (Lipinski definition) is 1. The molecular weight excluding hydrogens is 386 g/mol. The maximum atomic E-state index is 13.1. The molecule has 2 aromatic rings. The van der Waals surface area contributed by atoms with E-state index in [0.717, 1.165) is 28.1 Å². The van der Waals surface area contributed by atoms with E-state index in [-0.39, 0.29) is 24.1 Å². The summed E-state index contributed by atoms with van der Waals surface area (Å²) in [5.74, 6) is -0.149. The molecule has 6 nitrogen and oxygen atoms in total. The Labute approximate surface area is 175 Å². The second-order valence-electron chi connectivity index (χ2n) is 7.51. The number of thiophene rings is 1. The number of anilines is 1. The van der Waals surface area contributed by atoms with Gasteiger partial charge in [0, 0.05) is 44.0 Å². The molecule has 3 rings (SSSR count). The third-order valence-corrected chi connectivity index (χ3v) is 5.93. The lowest BCUT2D eigenvalue weighted by Gasteiger charge is -2.37. The largest absolute Gasteiger partial charge is 0.347 e. The number of rotatable bonds is 6. The molecule has 3 amide bonds. The Hall–Kier alpha value is -2.67. The van der Waals surface area contributed by atoms with Crippen molar-refractivity contribution in [1.82, 2.24) is 9.80 Å². The topological polar surface area (TPSA) is 69.7 Å². The van der Waals surface area contributed by atoms with Gasteiger partial charge in [-0.2, -0.15) is 0 Å². The first-order chi connectivity index (χ1) is 13.9. The molecular formula is C22H27N3O3S. The number of carbonyl (C=O) groups is 3. The van der Waals surface area contributed by atoms with Crippen LogP contribution in [0.2, 0.25) is 0 Å². The van der Waals surface area contributed by atoms with Crippen LogP contribution in [0, 0.1) is 0 Å². The number of benzene rings is 1. The highest BCUT2D eigenvalue weighted by atomic mass is 32.1. The van der Waals surface area contributed by atoms with E-state index in [1.165, 1.54) is 0 Å². The number of amides is 3. The van der Waals surface area contributed by atoms with Gasteiger partial charge in [0.05, 0.1) is 6.42 Å². The van der Waals surface area contributed by atoms with Gasteiger partial charge in [0.1, 0.15) is 6.04 Å². The molecule has 0 bridgehead atoms. The number of likely N-dealkylation sites (N-methyl/N-ethyl adjacent to an activating group) is 1. The predicted molar refractivity (Wildman–Crippen MR) is 115 cm³/mol. The lowest BCUT2D eigenvalue weighted by Crippen LogP contribution is -2.52. The number of nitrogens with one attached hydrogen (secondary N) is 1. The zero-order valence-corrected chi connectivity index (χ0v) is 17.9. The zero-order chi connectivity index (χ0) is 21.0. The predicted octanol–water partition coefficient (Wildman–Crippen LogP) is 3.07. The van der Waals surface area contributed by atoms with E-state index in [1.807, 2.05) is 42.6 Å². The van der Waals surface area contributed by atoms with Crippen molar-refractivity contribution in [2.24, 2.45) is 0 Å². The Bertz CT molecular complexity index is 893. The highest BCUT2D eigenvalue weighted by Crippen LogP contribution is 2.28. The molecule has 29 heavy (non-hydrogen) atoms. The molecule has 154 valence electrons. The van der Waals surface area contributed by atoms with Gasteiger partial charge in [-0.25, -0.2) is 0 Å². The van der Waals surface area contributed by atoms with Crippen molar-refractivity contribution in [2.75, 3.05) is 19.4 Å². The van der Waals surface area contributed by atoms with Crippen molar-refractivity contribution in [3.05, 3.63) is 51.7 Å². The van der Waals surface area contributed by atoms with Crippen molar-refractivity contribution in [3.63, 3.8) is 0 Å². The first-order valence-electron chi connectivity index (χ1n) is 9.83. The quantitative estimate of drug-likeness (QED) is 0.791. The molecule has 1 aromatic heterocycles. The summed E-state index contributed by atoms with van der Waals surface area (Å²) in [7, 11) is 3.43. The van der Waals surface area contributed by atoms with E-state index in [4.69, 9.17) is 0 Å². The smallest absolute Gasteiger partial charge is 0.245 e. The van der Waals surface area contributed by atoms with Crippen molar-refractivity contribution >= 4 is 34.7 Å². The van der Waals surface area contributed by atoms with Gasteiger partial charge in [-0.05, 0) is 41.1 Å². The van der Waals surface area contributed by atoms with Crippen molar-refractivity contribution in [1.29, 1.82) is 0 Å². The van der Waals surface area contributed by atoms with Crippen LogP contribution in [0.5, 0.6) is 0 Å².